The molecule has 1 aliphatic rings. The lowest BCUT2D eigenvalue weighted by molar-refractivity contribution is 1.16. The van der Waals surface area contributed by atoms with Gasteiger partial charge < -0.3 is 5.32 Å². The first-order chi connectivity index (χ1) is 8.63. The first-order valence-electron chi connectivity index (χ1n) is 6.27. The molecule has 0 aliphatic heterocycles. The van der Waals surface area contributed by atoms with Gasteiger partial charge >= 0.3 is 0 Å². The number of benzene rings is 1. The second-order valence-electron chi connectivity index (χ2n) is 4.94. The highest BCUT2D eigenvalue weighted by Gasteiger charge is 2.21. The van der Waals surface area contributed by atoms with Gasteiger partial charge in [-0.3, -0.25) is 0 Å². The normalized spacial score (nSPS) is 14.8. The molecule has 1 aromatic heterocycles. The van der Waals surface area contributed by atoms with Gasteiger partial charge in [-0.25, -0.2) is 0 Å². The molecule has 0 saturated heterocycles. The average Bonchev–Trinajstić information content (AvgIpc) is 3.06. The van der Waals surface area contributed by atoms with E-state index in [2.05, 4.69) is 37.4 Å². The molecule has 0 radical (unpaired) electrons. The van der Waals surface area contributed by atoms with Crippen LogP contribution in [0, 0.1) is 13.8 Å². The molecule has 94 valence electrons. The van der Waals surface area contributed by atoms with Gasteiger partial charge in [0.15, 0.2) is 0 Å². The highest BCUT2D eigenvalue weighted by atomic mass is 35.5. The van der Waals surface area contributed by atoms with Crippen molar-refractivity contribution in [2.24, 2.45) is 0 Å². The highest BCUT2D eigenvalue weighted by molar-refractivity contribution is 7.12. The second kappa shape index (κ2) is 4.60. The number of aryl methyl sites for hydroxylation is 2. The van der Waals surface area contributed by atoms with Gasteiger partial charge in [-0.15, -0.1) is 11.3 Å². The summed E-state index contributed by atoms with van der Waals surface area (Å²) in [6.07, 6.45) is 2.57. The van der Waals surface area contributed by atoms with E-state index >= 15 is 0 Å². The van der Waals surface area contributed by atoms with Crippen molar-refractivity contribution < 1.29 is 0 Å². The van der Waals surface area contributed by atoms with E-state index in [1.54, 1.807) is 0 Å². The maximum absolute atomic E-state index is 6.34. The number of rotatable bonds is 3. The summed E-state index contributed by atoms with van der Waals surface area (Å²) < 4.78 is 0. The van der Waals surface area contributed by atoms with Crippen molar-refractivity contribution in [3.05, 3.63) is 39.0 Å². The molecule has 18 heavy (non-hydrogen) atoms. The highest BCUT2D eigenvalue weighted by Crippen LogP contribution is 2.37. The molecule has 0 spiro atoms. The zero-order valence-electron chi connectivity index (χ0n) is 10.6. The molecule has 3 rings (SSSR count). The summed E-state index contributed by atoms with van der Waals surface area (Å²) in [5.41, 5.74) is 3.59. The first kappa shape index (κ1) is 12.1. The molecule has 0 bridgehead atoms. The van der Waals surface area contributed by atoms with E-state index in [4.69, 9.17) is 11.6 Å². The van der Waals surface area contributed by atoms with Crippen molar-refractivity contribution in [1.82, 2.24) is 0 Å². The van der Waals surface area contributed by atoms with E-state index in [1.165, 1.54) is 33.8 Å². The van der Waals surface area contributed by atoms with Crippen LogP contribution in [0.2, 0.25) is 5.02 Å². The second-order valence-corrected chi connectivity index (χ2v) is 6.81. The first-order valence-corrected chi connectivity index (χ1v) is 7.46. The summed E-state index contributed by atoms with van der Waals surface area (Å²) in [6, 6.07) is 9.13. The largest absolute Gasteiger partial charge is 0.382 e. The Morgan fingerprint density at radius 3 is 2.56 bits per heavy atom. The average molecular weight is 278 g/mol. The van der Waals surface area contributed by atoms with E-state index < -0.39 is 0 Å². The Bertz CT molecular complexity index is 584. The number of hydrogen-bond acceptors (Lipinski definition) is 2. The lowest BCUT2D eigenvalue weighted by Gasteiger charge is -2.09. The minimum Gasteiger partial charge on any atom is -0.382 e. The molecule has 1 nitrogen and oxygen atoms in total. The molecule has 2 aromatic rings. The molecule has 3 heteroatoms. The Morgan fingerprint density at radius 1 is 1.17 bits per heavy atom. The van der Waals surface area contributed by atoms with Crippen molar-refractivity contribution in [1.29, 1.82) is 0 Å². The smallest absolute Gasteiger partial charge is 0.0486 e. The van der Waals surface area contributed by atoms with Crippen LogP contribution in [0.3, 0.4) is 0 Å². The number of thiophene rings is 1. The van der Waals surface area contributed by atoms with Gasteiger partial charge in [0.1, 0.15) is 0 Å². The van der Waals surface area contributed by atoms with Crippen LogP contribution in [0.1, 0.15) is 22.6 Å². The van der Waals surface area contributed by atoms with Crippen molar-refractivity contribution in [2.45, 2.75) is 32.7 Å². The number of anilines is 1. The van der Waals surface area contributed by atoms with E-state index in [0.29, 0.717) is 6.04 Å². The van der Waals surface area contributed by atoms with E-state index in [-0.39, 0.29) is 0 Å². The van der Waals surface area contributed by atoms with E-state index in [0.717, 1.165) is 10.6 Å². The topological polar surface area (TPSA) is 12.0 Å². The molecule has 1 saturated carbocycles. The minimum absolute atomic E-state index is 0.671. The Morgan fingerprint density at radius 2 is 1.94 bits per heavy atom. The molecule has 0 unspecified atom stereocenters. The van der Waals surface area contributed by atoms with Gasteiger partial charge in [-0.05, 0) is 56.5 Å². The summed E-state index contributed by atoms with van der Waals surface area (Å²) in [5.74, 6) is 0. The monoisotopic (exact) mass is 277 g/mol. The van der Waals surface area contributed by atoms with Crippen molar-refractivity contribution in [3.8, 4) is 11.1 Å². The van der Waals surface area contributed by atoms with Crippen LogP contribution in [-0.2, 0) is 0 Å². The fourth-order valence-corrected chi connectivity index (χ4v) is 3.34. The standard InChI is InChI=1S/C15H16ClNS/c1-9-7-13(10(2)18-9)14-8-12(5-6-15(14)16)17-11-3-4-11/h5-8,11,17H,3-4H2,1-2H3. The number of halogens is 1. The summed E-state index contributed by atoms with van der Waals surface area (Å²) in [6.45, 7) is 4.30. The Hall–Kier alpha value is -0.990. The SMILES string of the molecule is Cc1cc(-c2cc(NC3CC3)ccc2Cl)c(C)s1. The van der Waals surface area contributed by atoms with Crippen molar-refractivity contribution in [2.75, 3.05) is 5.32 Å². The Balaban J connectivity index is 2.01. The van der Waals surface area contributed by atoms with Gasteiger partial charge in [0.05, 0.1) is 0 Å². The third-order valence-electron chi connectivity index (χ3n) is 3.25. The minimum atomic E-state index is 0.671. The van der Waals surface area contributed by atoms with Crippen molar-refractivity contribution in [3.63, 3.8) is 0 Å². The number of hydrogen-bond donors (Lipinski definition) is 1. The molecule has 0 atom stereocenters. The predicted molar refractivity (Wildman–Crippen MR) is 80.9 cm³/mol. The molecule has 1 aromatic carbocycles. The van der Waals surface area contributed by atoms with Crippen LogP contribution in [0.25, 0.3) is 11.1 Å². The van der Waals surface area contributed by atoms with Crippen LogP contribution in [0.5, 0.6) is 0 Å². The van der Waals surface area contributed by atoms with Crippen molar-refractivity contribution >= 4 is 28.6 Å². The van der Waals surface area contributed by atoms with Crippen LogP contribution in [-0.4, -0.2) is 6.04 Å². The van der Waals surface area contributed by atoms with Gasteiger partial charge in [0.25, 0.3) is 0 Å². The van der Waals surface area contributed by atoms with Crippen LogP contribution < -0.4 is 5.32 Å². The Kier molecular flexibility index (Phi) is 3.08. The molecule has 0 amide bonds. The van der Waals surface area contributed by atoms with Gasteiger partial charge in [-0.2, -0.15) is 0 Å². The van der Waals surface area contributed by atoms with Crippen LogP contribution in [0.15, 0.2) is 24.3 Å². The maximum atomic E-state index is 6.34. The molecular formula is C15H16ClNS. The summed E-state index contributed by atoms with van der Waals surface area (Å²) in [4.78, 5) is 2.66. The van der Waals surface area contributed by atoms with Crippen LogP contribution >= 0.6 is 22.9 Å². The molecule has 1 fully saturated rings. The molecule has 1 N–H and O–H groups in total. The van der Waals surface area contributed by atoms with Crippen LogP contribution in [0.4, 0.5) is 5.69 Å². The molecule has 1 heterocycles. The molecular weight excluding hydrogens is 262 g/mol. The lowest BCUT2D eigenvalue weighted by Crippen LogP contribution is -2.00. The quantitative estimate of drug-likeness (QED) is 0.807. The van der Waals surface area contributed by atoms with E-state index in [1.807, 2.05) is 17.4 Å². The van der Waals surface area contributed by atoms with E-state index in [9.17, 15) is 0 Å². The lowest BCUT2D eigenvalue weighted by atomic mass is 10.1. The van der Waals surface area contributed by atoms with Gasteiger partial charge in [0.2, 0.25) is 0 Å². The zero-order valence-corrected chi connectivity index (χ0v) is 12.2. The Labute approximate surface area is 117 Å². The number of nitrogens with one attached hydrogen (secondary N) is 1. The predicted octanol–water partition coefficient (Wildman–Crippen LogP) is 5.26. The third kappa shape index (κ3) is 2.40. The third-order valence-corrected chi connectivity index (χ3v) is 4.54. The fourth-order valence-electron chi connectivity index (χ4n) is 2.18. The van der Waals surface area contributed by atoms with Gasteiger partial charge in [0, 0.05) is 32.1 Å². The summed E-state index contributed by atoms with van der Waals surface area (Å²) >= 11 is 8.17. The fraction of sp³-hybridized carbons (Fsp3) is 0.333. The molecule has 1 aliphatic carbocycles. The zero-order chi connectivity index (χ0) is 12.7. The summed E-state index contributed by atoms with van der Waals surface area (Å²) in [7, 11) is 0. The van der Waals surface area contributed by atoms with Gasteiger partial charge in [-0.1, -0.05) is 11.6 Å². The summed E-state index contributed by atoms with van der Waals surface area (Å²) in [5, 5.41) is 4.36. The maximum Gasteiger partial charge on any atom is 0.0486 e.